The van der Waals surface area contributed by atoms with Crippen LogP contribution in [0.3, 0.4) is 0 Å². The first-order valence-electron chi connectivity index (χ1n) is 7.90. The van der Waals surface area contributed by atoms with Crippen molar-refractivity contribution < 1.29 is 14.3 Å². The molecule has 120 valence electrons. The summed E-state index contributed by atoms with van der Waals surface area (Å²) in [6.45, 7) is 3.57. The molecule has 0 N–H and O–H groups in total. The van der Waals surface area contributed by atoms with E-state index in [1.54, 1.807) is 0 Å². The Morgan fingerprint density at radius 2 is 2.00 bits per heavy atom. The molecule has 0 spiro atoms. The Morgan fingerprint density at radius 1 is 1.27 bits per heavy atom. The van der Waals surface area contributed by atoms with Gasteiger partial charge in [-0.05, 0) is 30.9 Å². The zero-order chi connectivity index (χ0) is 15.6. The third kappa shape index (κ3) is 5.53. The van der Waals surface area contributed by atoms with Crippen LogP contribution < -0.4 is 0 Å². The predicted molar refractivity (Wildman–Crippen MR) is 86.2 cm³/mol. The van der Waals surface area contributed by atoms with Crippen molar-refractivity contribution in [2.75, 3.05) is 20.2 Å². The Balaban J connectivity index is 0.000000396. The molecule has 0 radical (unpaired) electrons. The topological polar surface area (TPSA) is 38.8 Å². The fourth-order valence-corrected chi connectivity index (χ4v) is 2.49. The van der Waals surface area contributed by atoms with E-state index in [9.17, 15) is 0 Å². The molecule has 0 unspecified atom stereocenters. The van der Waals surface area contributed by atoms with E-state index in [2.05, 4.69) is 46.0 Å². The molecule has 2 aliphatic rings. The molecule has 22 heavy (non-hydrogen) atoms. The molecule has 0 saturated heterocycles. The van der Waals surface area contributed by atoms with Gasteiger partial charge in [0.1, 0.15) is 0 Å². The SMILES string of the molecule is C1=C(OC2CCC2)CCN(Cc2ccccc2)C1.COC=O. The van der Waals surface area contributed by atoms with Crippen molar-refractivity contribution in [1.82, 2.24) is 4.90 Å². The van der Waals surface area contributed by atoms with Gasteiger partial charge in [0.15, 0.2) is 0 Å². The van der Waals surface area contributed by atoms with E-state index in [1.165, 1.54) is 37.7 Å². The minimum Gasteiger partial charge on any atom is -0.495 e. The molecule has 0 bridgehead atoms. The van der Waals surface area contributed by atoms with Crippen molar-refractivity contribution in [1.29, 1.82) is 0 Å². The van der Waals surface area contributed by atoms with Gasteiger partial charge in [0.05, 0.1) is 19.0 Å². The zero-order valence-electron chi connectivity index (χ0n) is 13.2. The number of ether oxygens (including phenoxy) is 2. The molecule has 0 aromatic heterocycles. The third-order valence-corrected chi connectivity index (χ3v) is 3.97. The fraction of sp³-hybridized carbons (Fsp3) is 0.500. The number of benzene rings is 1. The van der Waals surface area contributed by atoms with Crippen LogP contribution in [0.1, 0.15) is 31.2 Å². The van der Waals surface area contributed by atoms with E-state index >= 15 is 0 Å². The van der Waals surface area contributed by atoms with E-state index in [0.29, 0.717) is 12.6 Å². The van der Waals surface area contributed by atoms with Crippen molar-refractivity contribution in [3.63, 3.8) is 0 Å². The van der Waals surface area contributed by atoms with Crippen molar-refractivity contribution in [2.45, 2.75) is 38.3 Å². The van der Waals surface area contributed by atoms with E-state index < -0.39 is 0 Å². The summed E-state index contributed by atoms with van der Waals surface area (Å²) in [5.41, 5.74) is 1.40. The Kier molecular flexibility index (Phi) is 6.97. The van der Waals surface area contributed by atoms with Gasteiger partial charge in [0, 0.05) is 26.1 Å². The normalized spacial score (nSPS) is 18.3. The number of carbonyl (C=O) groups is 1. The van der Waals surface area contributed by atoms with Gasteiger partial charge in [0.25, 0.3) is 6.47 Å². The number of rotatable bonds is 5. The van der Waals surface area contributed by atoms with Gasteiger partial charge in [-0.3, -0.25) is 9.69 Å². The van der Waals surface area contributed by atoms with Gasteiger partial charge < -0.3 is 9.47 Å². The Hall–Kier alpha value is -1.81. The van der Waals surface area contributed by atoms with Crippen molar-refractivity contribution >= 4 is 6.47 Å². The third-order valence-electron chi connectivity index (χ3n) is 3.97. The molecule has 1 heterocycles. The van der Waals surface area contributed by atoms with Crippen molar-refractivity contribution in [3.8, 4) is 0 Å². The first-order chi connectivity index (χ1) is 10.8. The number of nitrogens with zero attached hydrogens (tertiary/aromatic N) is 1. The van der Waals surface area contributed by atoms with Crippen molar-refractivity contribution in [2.24, 2.45) is 0 Å². The van der Waals surface area contributed by atoms with E-state index in [4.69, 9.17) is 9.53 Å². The van der Waals surface area contributed by atoms with Gasteiger partial charge in [0.2, 0.25) is 0 Å². The lowest BCUT2D eigenvalue weighted by molar-refractivity contribution is -0.126. The average molecular weight is 303 g/mol. The molecule has 3 rings (SSSR count). The highest BCUT2D eigenvalue weighted by molar-refractivity contribution is 5.36. The van der Waals surface area contributed by atoms with Gasteiger partial charge >= 0.3 is 0 Å². The number of methoxy groups -OCH3 is 1. The maximum absolute atomic E-state index is 8.95. The van der Waals surface area contributed by atoms with Crippen LogP contribution >= 0.6 is 0 Å². The average Bonchev–Trinajstić information content (AvgIpc) is 2.54. The first-order valence-corrected chi connectivity index (χ1v) is 7.90. The Labute approximate surface area is 132 Å². The predicted octanol–water partition coefficient (Wildman–Crippen LogP) is 3.13. The summed E-state index contributed by atoms with van der Waals surface area (Å²) in [6.07, 6.45) is 7.72. The van der Waals surface area contributed by atoms with Gasteiger partial charge in [-0.1, -0.05) is 30.3 Å². The lowest BCUT2D eigenvalue weighted by atomic mass is 9.96. The zero-order valence-corrected chi connectivity index (χ0v) is 13.2. The van der Waals surface area contributed by atoms with Gasteiger partial charge in [-0.2, -0.15) is 0 Å². The molecular formula is C18H25NO3. The maximum atomic E-state index is 8.95. The summed E-state index contributed by atoms with van der Waals surface area (Å²) >= 11 is 0. The highest BCUT2D eigenvalue weighted by atomic mass is 16.5. The number of hydrogen-bond donors (Lipinski definition) is 0. The molecule has 1 saturated carbocycles. The first kappa shape index (κ1) is 16.6. The monoisotopic (exact) mass is 303 g/mol. The van der Waals surface area contributed by atoms with Crippen LogP contribution in [0.5, 0.6) is 0 Å². The van der Waals surface area contributed by atoms with Crippen LogP contribution in [-0.2, 0) is 20.8 Å². The summed E-state index contributed by atoms with van der Waals surface area (Å²) in [5, 5.41) is 0. The minimum atomic E-state index is 0.375. The van der Waals surface area contributed by atoms with Crippen LogP contribution in [0.2, 0.25) is 0 Å². The Bertz CT molecular complexity index is 468. The summed E-state index contributed by atoms with van der Waals surface area (Å²) in [6, 6.07) is 10.7. The van der Waals surface area contributed by atoms with E-state index in [-0.39, 0.29) is 0 Å². The van der Waals surface area contributed by atoms with Crippen LogP contribution in [0.4, 0.5) is 0 Å². The largest absolute Gasteiger partial charge is 0.495 e. The Morgan fingerprint density at radius 3 is 2.50 bits per heavy atom. The highest BCUT2D eigenvalue weighted by Crippen LogP contribution is 2.26. The summed E-state index contributed by atoms with van der Waals surface area (Å²) in [7, 11) is 1.31. The fourth-order valence-electron chi connectivity index (χ4n) is 2.49. The molecule has 4 heteroatoms. The molecule has 1 aliphatic carbocycles. The smallest absolute Gasteiger partial charge is 0.292 e. The molecule has 1 aliphatic heterocycles. The lowest BCUT2D eigenvalue weighted by Crippen LogP contribution is -2.30. The van der Waals surface area contributed by atoms with Crippen LogP contribution in [0, 0.1) is 0 Å². The standard InChI is InChI=1S/C16H21NO.C2H4O2/c1-2-5-14(6-3-1)13-17-11-9-16(10-12-17)18-15-7-4-8-15;1-4-2-3/h1-3,5-6,9,15H,4,7-8,10-13H2;2H,1H3. The summed E-state index contributed by atoms with van der Waals surface area (Å²) in [5.74, 6) is 1.23. The summed E-state index contributed by atoms with van der Waals surface area (Å²) in [4.78, 5) is 11.4. The van der Waals surface area contributed by atoms with Crippen molar-refractivity contribution in [3.05, 3.63) is 47.7 Å². The molecule has 1 aromatic carbocycles. The van der Waals surface area contributed by atoms with Crippen LogP contribution in [0.25, 0.3) is 0 Å². The molecule has 1 fully saturated rings. The lowest BCUT2D eigenvalue weighted by Gasteiger charge is -2.31. The second-order valence-electron chi connectivity index (χ2n) is 5.64. The number of hydrogen-bond acceptors (Lipinski definition) is 4. The summed E-state index contributed by atoms with van der Waals surface area (Å²) < 4.78 is 9.82. The maximum Gasteiger partial charge on any atom is 0.292 e. The second-order valence-corrected chi connectivity index (χ2v) is 5.64. The van der Waals surface area contributed by atoms with Crippen LogP contribution in [0.15, 0.2) is 42.2 Å². The highest BCUT2D eigenvalue weighted by Gasteiger charge is 2.21. The van der Waals surface area contributed by atoms with Crippen LogP contribution in [-0.4, -0.2) is 37.7 Å². The second kappa shape index (κ2) is 9.26. The molecule has 4 nitrogen and oxygen atoms in total. The molecule has 0 amide bonds. The molecule has 1 aromatic rings. The molecular weight excluding hydrogens is 278 g/mol. The van der Waals surface area contributed by atoms with E-state index in [0.717, 1.165) is 26.1 Å². The van der Waals surface area contributed by atoms with Gasteiger partial charge in [-0.15, -0.1) is 0 Å². The minimum absolute atomic E-state index is 0.375. The number of carbonyl (C=O) groups excluding carboxylic acids is 1. The van der Waals surface area contributed by atoms with E-state index in [1.807, 2.05) is 0 Å². The molecule has 0 atom stereocenters. The van der Waals surface area contributed by atoms with Gasteiger partial charge in [-0.25, -0.2) is 0 Å². The quantitative estimate of drug-likeness (QED) is 0.783.